The van der Waals surface area contributed by atoms with E-state index in [9.17, 15) is 9.00 Å². The maximum absolute atomic E-state index is 12.7. The minimum atomic E-state index is -1.62. The standard InChI is InChI=1S/C18H24N2O5S2/c1-4-25-10-5-9-19-13-6-7-14(15(12-13)23-2)20-27(22)16-8-11-26-17(16)18(21)24-3/h6-8,11-12,19-20H,4-5,9-10H2,1-3H3. The third kappa shape index (κ3) is 5.95. The van der Waals surface area contributed by atoms with Crippen molar-refractivity contribution in [3.63, 3.8) is 0 Å². The number of hydrogen-bond donors (Lipinski definition) is 2. The van der Waals surface area contributed by atoms with Crippen molar-refractivity contribution >= 4 is 39.7 Å². The van der Waals surface area contributed by atoms with Crippen LogP contribution < -0.4 is 14.8 Å². The largest absolute Gasteiger partial charge is 0.494 e. The highest BCUT2D eigenvalue weighted by atomic mass is 32.2. The van der Waals surface area contributed by atoms with Gasteiger partial charge in [0, 0.05) is 31.5 Å². The fraction of sp³-hybridized carbons (Fsp3) is 0.389. The summed E-state index contributed by atoms with van der Waals surface area (Å²) in [7, 11) is 1.22. The van der Waals surface area contributed by atoms with E-state index >= 15 is 0 Å². The number of anilines is 2. The molecular formula is C18H24N2O5S2. The zero-order chi connectivity index (χ0) is 19.6. The van der Waals surface area contributed by atoms with Crippen LogP contribution >= 0.6 is 11.3 Å². The van der Waals surface area contributed by atoms with Gasteiger partial charge in [-0.2, -0.15) is 0 Å². The summed E-state index contributed by atoms with van der Waals surface area (Å²) in [5, 5.41) is 5.00. The molecule has 0 aliphatic heterocycles. The molecule has 0 amide bonds. The molecule has 7 nitrogen and oxygen atoms in total. The fourth-order valence-electron chi connectivity index (χ4n) is 2.28. The van der Waals surface area contributed by atoms with Gasteiger partial charge in [0.2, 0.25) is 0 Å². The quantitative estimate of drug-likeness (QED) is 0.434. The minimum Gasteiger partial charge on any atom is -0.494 e. The Labute approximate surface area is 165 Å². The van der Waals surface area contributed by atoms with Gasteiger partial charge in [0.25, 0.3) is 0 Å². The van der Waals surface area contributed by atoms with Crippen LogP contribution in [0, 0.1) is 0 Å². The van der Waals surface area contributed by atoms with E-state index in [1.165, 1.54) is 18.4 Å². The third-order valence-electron chi connectivity index (χ3n) is 3.60. The van der Waals surface area contributed by atoms with E-state index in [-0.39, 0.29) is 0 Å². The van der Waals surface area contributed by atoms with Gasteiger partial charge in [0.05, 0.1) is 24.8 Å². The van der Waals surface area contributed by atoms with Gasteiger partial charge in [-0.1, -0.05) is 0 Å². The molecule has 0 saturated carbocycles. The van der Waals surface area contributed by atoms with E-state index < -0.39 is 17.0 Å². The van der Waals surface area contributed by atoms with Crippen LogP contribution in [0.4, 0.5) is 11.4 Å². The Hall–Kier alpha value is -2.10. The number of nitrogens with one attached hydrogen (secondary N) is 2. The highest BCUT2D eigenvalue weighted by molar-refractivity contribution is 7.86. The Balaban J connectivity index is 2.05. The lowest BCUT2D eigenvalue weighted by Crippen LogP contribution is -2.10. The summed E-state index contributed by atoms with van der Waals surface area (Å²) in [5.41, 5.74) is 1.46. The Bertz CT molecular complexity index is 779. The zero-order valence-corrected chi connectivity index (χ0v) is 17.2. The van der Waals surface area contributed by atoms with Crippen molar-refractivity contribution < 1.29 is 23.2 Å². The molecule has 0 fully saturated rings. The fourth-order valence-corrected chi connectivity index (χ4v) is 4.36. The maximum atomic E-state index is 12.7. The van der Waals surface area contributed by atoms with Crippen molar-refractivity contribution in [2.24, 2.45) is 0 Å². The molecule has 1 heterocycles. The molecular weight excluding hydrogens is 388 g/mol. The molecule has 2 aromatic rings. The van der Waals surface area contributed by atoms with Crippen LogP contribution in [0.15, 0.2) is 34.5 Å². The highest BCUT2D eigenvalue weighted by Crippen LogP contribution is 2.30. The number of rotatable bonds is 11. The first-order valence-electron chi connectivity index (χ1n) is 8.44. The van der Waals surface area contributed by atoms with Crippen molar-refractivity contribution in [1.29, 1.82) is 0 Å². The second-order valence-corrected chi connectivity index (χ2v) is 7.47. The Morgan fingerprint density at radius 3 is 2.78 bits per heavy atom. The van der Waals surface area contributed by atoms with E-state index in [1.54, 1.807) is 24.6 Å². The lowest BCUT2D eigenvalue weighted by atomic mass is 10.2. The summed E-state index contributed by atoms with van der Waals surface area (Å²) in [6.07, 6.45) is 0.897. The molecule has 2 rings (SSSR count). The molecule has 0 radical (unpaired) electrons. The van der Waals surface area contributed by atoms with E-state index in [0.29, 0.717) is 34.4 Å². The molecule has 1 aromatic carbocycles. The first-order valence-corrected chi connectivity index (χ1v) is 10.5. The van der Waals surface area contributed by atoms with Crippen LogP contribution in [0.3, 0.4) is 0 Å². The number of hydrogen-bond acceptors (Lipinski definition) is 7. The Morgan fingerprint density at radius 1 is 1.26 bits per heavy atom. The van der Waals surface area contributed by atoms with Gasteiger partial charge in [-0.25, -0.2) is 9.00 Å². The van der Waals surface area contributed by atoms with Crippen LogP contribution in [-0.2, 0) is 20.5 Å². The normalized spacial score (nSPS) is 11.7. The van der Waals surface area contributed by atoms with E-state index in [2.05, 4.69) is 10.0 Å². The lowest BCUT2D eigenvalue weighted by Gasteiger charge is -2.13. The SMILES string of the molecule is CCOCCCNc1ccc(NS(=O)c2ccsc2C(=O)OC)c(OC)c1. The summed E-state index contributed by atoms with van der Waals surface area (Å²) in [6, 6.07) is 7.12. The molecule has 1 aromatic heterocycles. The number of methoxy groups -OCH3 is 2. The number of ether oxygens (including phenoxy) is 3. The van der Waals surface area contributed by atoms with E-state index in [0.717, 1.165) is 18.7 Å². The van der Waals surface area contributed by atoms with Gasteiger partial charge in [0.15, 0.2) is 11.0 Å². The molecule has 0 spiro atoms. The summed E-state index contributed by atoms with van der Waals surface area (Å²) in [5.74, 6) is 0.0433. The van der Waals surface area contributed by atoms with Gasteiger partial charge < -0.3 is 19.5 Å². The molecule has 1 atom stereocenters. The first-order chi connectivity index (χ1) is 13.1. The van der Waals surface area contributed by atoms with Crippen LogP contribution in [0.25, 0.3) is 0 Å². The topological polar surface area (TPSA) is 85.9 Å². The second-order valence-electron chi connectivity index (χ2n) is 5.37. The van der Waals surface area contributed by atoms with Gasteiger partial charge in [-0.3, -0.25) is 4.72 Å². The first kappa shape index (κ1) is 21.2. The molecule has 0 saturated heterocycles. The van der Waals surface area contributed by atoms with E-state index in [4.69, 9.17) is 14.2 Å². The number of carbonyl (C=O) groups excluding carboxylic acids is 1. The van der Waals surface area contributed by atoms with Crippen molar-refractivity contribution in [2.45, 2.75) is 18.2 Å². The molecule has 0 aliphatic carbocycles. The van der Waals surface area contributed by atoms with Crippen LogP contribution in [0.2, 0.25) is 0 Å². The molecule has 2 N–H and O–H groups in total. The summed E-state index contributed by atoms with van der Waals surface area (Å²) < 4.78 is 31.0. The predicted molar refractivity (Wildman–Crippen MR) is 108 cm³/mol. The van der Waals surface area contributed by atoms with Crippen molar-refractivity contribution in [1.82, 2.24) is 0 Å². The third-order valence-corrected chi connectivity index (χ3v) is 5.77. The highest BCUT2D eigenvalue weighted by Gasteiger charge is 2.19. The van der Waals surface area contributed by atoms with Gasteiger partial charge in [-0.05, 0) is 36.9 Å². The summed E-state index contributed by atoms with van der Waals surface area (Å²) >= 11 is 1.19. The van der Waals surface area contributed by atoms with Crippen LogP contribution in [0.5, 0.6) is 5.75 Å². The molecule has 27 heavy (non-hydrogen) atoms. The smallest absolute Gasteiger partial charge is 0.349 e. The number of benzene rings is 1. The minimum absolute atomic E-state index is 0.315. The molecule has 0 aliphatic rings. The number of esters is 1. The number of carbonyl (C=O) groups is 1. The Morgan fingerprint density at radius 2 is 2.07 bits per heavy atom. The van der Waals surface area contributed by atoms with Crippen molar-refractivity contribution in [3.8, 4) is 5.75 Å². The average molecular weight is 413 g/mol. The van der Waals surface area contributed by atoms with Gasteiger partial charge in [-0.15, -0.1) is 11.3 Å². The van der Waals surface area contributed by atoms with Crippen molar-refractivity contribution in [3.05, 3.63) is 34.5 Å². The van der Waals surface area contributed by atoms with E-state index in [1.807, 2.05) is 19.1 Å². The Kier molecular flexibility index (Phi) is 8.56. The second kappa shape index (κ2) is 10.9. The van der Waals surface area contributed by atoms with Crippen molar-refractivity contribution in [2.75, 3.05) is 44.0 Å². The monoisotopic (exact) mass is 412 g/mol. The molecule has 1 unspecified atom stereocenters. The van der Waals surface area contributed by atoms with Crippen LogP contribution in [0.1, 0.15) is 23.0 Å². The average Bonchev–Trinajstić information content (AvgIpc) is 3.18. The molecule has 148 valence electrons. The zero-order valence-electron chi connectivity index (χ0n) is 15.6. The number of thiophene rings is 1. The maximum Gasteiger partial charge on any atom is 0.349 e. The lowest BCUT2D eigenvalue weighted by molar-refractivity contribution is 0.0602. The summed E-state index contributed by atoms with van der Waals surface area (Å²) in [4.78, 5) is 12.5. The van der Waals surface area contributed by atoms with Gasteiger partial charge in [0.1, 0.15) is 10.6 Å². The molecule has 0 bridgehead atoms. The van der Waals surface area contributed by atoms with Gasteiger partial charge >= 0.3 is 5.97 Å². The summed E-state index contributed by atoms with van der Waals surface area (Å²) in [6.45, 7) is 4.17. The molecule has 9 heteroatoms. The van der Waals surface area contributed by atoms with Crippen LogP contribution in [-0.4, -0.2) is 44.2 Å². The predicted octanol–water partition coefficient (Wildman–Crippen LogP) is 3.52.